The second-order valence-electron chi connectivity index (χ2n) is 8.33. The molecular formula is C25H24N6O. The Morgan fingerprint density at radius 2 is 1.69 bits per heavy atom. The van der Waals surface area contributed by atoms with Crippen LogP contribution in [0, 0.1) is 6.92 Å². The molecule has 5 aromatic rings. The van der Waals surface area contributed by atoms with Gasteiger partial charge in [0, 0.05) is 42.2 Å². The van der Waals surface area contributed by atoms with Crippen LogP contribution in [0.25, 0.3) is 44.8 Å². The third-order valence-electron chi connectivity index (χ3n) is 5.79. The average molecular weight is 425 g/mol. The Morgan fingerprint density at radius 1 is 0.906 bits per heavy atom. The van der Waals surface area contributed by atoms with Crippen molar-refractivity contribution in [3.05, 3.63) is 77.4 Å². The lowest BCUT2D eigenvalue weighted by atomic mass is 9.99. The molecule has 7 nitrogen and oxygen atoms in total. The number of benzene rings is 2. The quantitative estimate of drug-likeness (QED) is 0.452. The Balaban J connectivity index is 1.61. The number of H-pyrrole nitrogens is 1. The fourth-order valence-corrected chi connectivity index (χ4v) is 4.18. The predicted octanol–water partition coefficient (Wildman–Crippen LogP) is 4.74. The van der Waals surface area contributed by atoms with E-state index in [-0.39, 0.29) is 11.7 Å². The smallest absolute Gasteiger partial charge is 0.329 e. The van der Waals surface area contributed by atoms with Gasteiger partial charge >= 0.3 is 5.69 Å². The van der Waals surface area contributed by atoms with E-state index in [9.17, 15) is 4.79 Å². The SMILES string of the molecule is Cc1ccc(-c2cncnc2)c(-c2ncc(-c3ccc4c(c3)n(C)c(=O)n4C(C)C)[nH]2)c1. The first kappa shape index (κ1) is 19.9. The Bertz CT molecular complexity index is 1490. The summed E-state index contributed by atoms with van der Waals surface area (Å²) in [6.45, 7) is 6.10. The largest absolute Gasteiger partial charge is 0.338 e. The molecule has 0 spiro atoms. The van der Waals surface area contributed by atoms with Gasteiger partial charge in [-0.3, -0.25) is 9.13 Å². The summed E-state index contributed by atoms with van der Waals surface area (Å²) in [5, 5.41) is 0. The van der Waals surface area contributed by atoms with Crippen LogP contribution >= 0.6 is 0 Å². The van der Waals surface area contributed by atoms with Gasteiger partial charge in [-0.15, -0.1) is 0 Å². The van der Waals surface area contributed by atoms with Crippen molar-refractivity contribution < 1.29 is 0 Å². The van der Waals surface area contributed by atoms with Crippen molar-refractivity contribution in [1.82, 2.24) is 29.1 Å². The summed E-state index contributed by atoms with van der Waals surface area (Å²) < 4.78 is 3.52. The van der Waals surface area contributed by atoms with E-state index in [2.05, 4.69) is 45.1 Å². The van der Waals surface area contributed by atoms with Crippen LogP contribution in [0.5, 0.6) is 0 Å². The van der Waals surface area contributed by atoms with Gasteiger partial charge in [0.25, 0.3) is 0 Å². The summed E-state index contributed by atoms with van der Waals surface area (Å²) in [6.07, 6.45) is 6.97. The van der Waals surface area contributed by atoms with Gasteiger partial charge in [0.15, 0.2) is 0 Å². The van der Waals surface area contributed by atoms with Crippen molar-refractivity contribution in [2.45, 2.75) is 26.8 Å². The molecule has 0 bridgehead atoms. The topological polar surface area (TPSA) is 81.4 Å². The minimum Gasteiger partial charge on any atom is -0.338 e. The molecule has 0 atom stereocenters. The predicted molar refractivity (Wildman–Crippen MR) is 126 cm³/mol. The Hall–Kier alpha value is -4.00. The molecule has 2 aromatic carbocycles. The molecule has 0 aliphatic rings. The molecule has 5 rings (SSSR count). The molecular weight excluding hydrogens is 400 g/mol. The monoisotopic (exact) mass is 424 g/mol. The van der Waals surface area contributed by atoms with Crippen LogP contribution in [0.3, 0.4) is 0 Å². The highest BCUT2D eigenvalue weighted by Crippen LogP contribution is 2.32. The fourth-order valence-electron chi connectivity index (χ4n) is 4.18. The van der Waals surface area contributed by atoms with Gasteiger partial charge in [-0.25, -0.2) is 19.7 Å². The van der Waals surface area contributed by atoms with E-state index in [1.165, 1.54) is 6.33 Å². The summed E-state index contributed by atoms with van der Waals surface area (Å²) in [5.74, 6) is 0.774. The number of nitrogens with zero attached hydrogens (tertiary/aromatic N) is 5. The minimum atomic E-state index is -0.00747. The number of aryl methyl sites for hydroxylation is 2. The van der Waals surface area contributed by atoms with E-state index < -0.39 is 0 Å². The molecule has 0 unspecified atom stereocenters. The van der Waals surface area contributed by atoms with Gasteiger partial charge in [0.2, 0.25) is 0 Å². The second kappa shape index (κ2) is 7.60. The number of hydrogen-bond acceptors (Lipinski definition) is 4. The molecule has 0 aliphatic carbocycles. The average Bonchev–Trinajstić information content (AvgIpc) is 3.38. The number of imidazole rings is 2. The number of rotatable bonds is 4. The molecule has 0 amide bonds. The van der Waals surface area contributed by atoms with Crippen LogP contribution in [0.2, 0.25) is 0 Å². The summed E-state index contributed by atoms with van der Waals surface area (Å²) in [7, 11) is 1.81. The van der Waals surface area contributed by atoms with Gasteiger partial charge in [-0.2, -0.15) is 0 Å². The number of aromatic amines is 1. The first-order chi connectivity index (χ1) is 15.4. The summed E-state index contributed by atoms with van der Waals surface area (Å²) in [5.41, 5.74) is 7.78. The fraction of sp³-hybridized carbons (Fsp3) is 0.200. The van der Waals surface area contributed by atoms with Crippen LogP contribution in [-0.4, -0.2) is 29.1 Å². The highest BCUT2D eigenvalue weighted by atomic mass is 16.1. The molecule has 0 fully saturated rings. The molecule has 32 heavy (non-hydrogen) atoms. The van der Waals surface area contributed by atoms with Crippen LogP contribution in [-0.2, 0) is 7.05 Å². The third-order valence-corrected chi connectivity index (χ3v) is 5.79. The molecule has 1 N–H and O–H groups in total. The maximum atomic E-state index is 12.7. The highest BCUT2D eigenvalue weighted by Gasteiger charge is 2.16. The molecule has 0 radical (unpaired) electrons. The number of nitrogens with one attached hydrogen (secondary N) is 1. The van der Waals surface area contributed by atoms with Crippen molar-refractivity contribution >= 4 is 11.0 Å². The Kier molecular flexibility index (Phi) is 4.74. The van der Waals surface area contributed by atoms with Gasteiger partial charge in [0.1, 0.15) is 12.2 Å². The van der Waals surface area contributed by atoms with Crippen LogP contribution in [0.1, 0.15) is 25.5 Å². The molecule has 160 valence electrons. The normalized spacial score (nSPS) is 11.5. The molecule has 0 aliphatic heterocycles. The van der Waals surface area contributed by atoms with Crippen molar-refractivity contribution in [2.75, 3.05) is 0 Å². The lowest BCUT2D eigenvalue weighted by molar-refractivity contribution is 0.583. The zero-order chi connectivity index (χ0) is 22.4. The van der Waals surface area contributed by atoms with E-state index in [0.29, 0.717) is 0 Å². The van der Waals surface area contributed by atoms with Gasteiger partial charge in [0.05, 0.1) is 22.9 Å². The van der Waals surface area contributed by atoms with E-state index in [1.807, 2.05) is 49.9 Å². The Morgan fingerprint density at radius 3 is 2.44 bits per heavy atom. The van der Waals surface area contributed by atoms with Gasteiger partial charge < -0.3 is 4.98 Å². The molecule has 7 heteroatoms. The zero-order valence-electron chi connectivity index (χ0n) is 18.5. The summed E-state index contributed by atoms with van der Waals surface area (Å²) in [6, 6.07) is 12.4. The van der Waals surface area contributed by atoms with E-state index in [4.69, 9.17) is 0 Å². The molecule has 0 saturated carbocycles. The lowest BCUT2D eigenvalue weighted by Crippen LogP contribution is -2.23. The van der Waals surface area contributed by atoms with Crippen molar-refractivity contribution in [3.63, 3.8) is 0 Å². The maximum Gasteiger partial charge on any atom is 0.329 e. The van der Waals surface area contributed by atoms with E-state index >= 15 is 0 Å². The van der Waals surface area contributed by atoms with E-state index in [0.717, 1.165) is 50.4 Å². The summed E-state index contributed by atoms with van der Waals surface area (Å²) >= 11 is 0. The maximum absolute atomic E-state index is 12.7. The van der Waals surface area contributed by atoms with Gasteiger partial charge in [-0.1, -0.05) is 23.8 Å². The third kappa shape index (κ3) is 3.22. The molecule has 0 saturated heterocycles. The second-order valence-corrected chi connectivity index (χ2v) is 8.33. The number of fused-ring (bicyclic) bond motifs is 1. The number of hydrogen-bond donors (Lipinski definition) is 1. The van der Waals surface area contributed by atoms with Gasteiger partial charge in [-0.05, 0) is 44.5 Å². The Labute approximate surface area is 185 Å². The van der Waals surface area contributed by atoms with Crippen LogP contribution in [0.4, 0.5) is 0 Å². The summed E-state index contributed by atoms with van der Waals surface area (Å²) in [4.78, 5) is 29.1. The first-order valence-corrected chi connectivity index (χ1v) is 10.6. The van der Waals surface area contributed by atoms with Crippen molar-refractivity contribution in [3.8, 4) is 33.8 Å². The standard InChI is InChI=1S/C25H24N6O/c1-15(2)31-22-8-6-17(10-23(22)30(4)25(31)32)21-13-28-24(29-21)20-9-16(3)5-7-19(20)18-11-26-14-27-12-18/h5-15H,1-4H3,(H,28,29). The van der Waals surface area contributed by atoms with Crippen molar-refractivity contribution in [1.29, 1.82) is 0 Å². The van der Waals surface area contributed by atoms with Crippen molar-refractivity contribution in [2.24, 2.45) is 7.05 Å². The van der Waals surface area contributed by atoms with E-state index in [1.54, 1.807) is 17.0 Å². The molecule has 3 aromatic heterocycles. The van der Waals surface area contributed by atoms with Crippen LogP contribution in [0.15, 0.2) is 66.1 Å². The van der Waals surface area contributed by atoms with Crippen LogP contribution < -0.4 is 5.69 Å². The zero-order valence-corrected chi connectivity index (χ0v) is 18.5. The first-order valence-electron chi connectivity index (χ1n) is 10.6. The number of aromatic nitrogens is 6. The lowest BCUT2D eigenvalue weighted by Gasteiger charge is -2.09. The molecule has 3 heterocycles. The highest BCUT2D eigenvalue weighted by molar-refractivity contribution is 5.84. The minimum absolute atomic E-state index is 0.00747.